The molecule has 7 nitrogen and oxygen atoms in total. The summed E-state index contributed by atoms with van der Waals surface area (Å²) in [6.45, 7) is 3.46. The van der Waals surface area contributed by atoms with Crippen molar-refractivity contribution in [3.8, 4) is 5.75 Å². The van der Waals surface area contributed by atoms with Crippen LogP contribution in [0.4, 0.5) is 0 Å². The molecule has 0 radical (unpaired) electrons. The lowest BCUT2D eigenvalue weighted by molar-refractivity contribution is 0.163. The number of nitrogens with zero attached hydrogens (tertiary/aromatic N) is 3. The minimum atomic E-state index is -3.47. The number of sulfonamides is 1. The lowest BCUT2D eigenvalue weighted by atomic mass is 9.97. The number of piperidine rings is 1. The Kier molecular flexibility index (Phi) is 6.51. The molecule has 3 rings (SSSR count). The fourth-order valence-corrected chi connectivity index (χ4v) is 4.87. The van der Waals surface area contributed by atoms with Crippen LogP contribution in [0.5, 0.6) is 5.75 Å². The molecule has 1 aliphatic heterocycles. The van der Waals surface area contributed by atoms with Crippen molar-refractivity contribution >= 4 is 10.0 Å². The van der Waals surface area contributed by atoms with E-state index < -0.39 is 10.0 Å². The maximum atomic E-state index is 12.6. The topological polar surface area (TPSA) is 78.5 Å². The number of rotatable bonds is 8. The van der Waals surface area contributed by atoms with Crippen LogP contribution < -0.4 is 4.74 Å². The highest BCUT2D eigenvalue weighted by atomic mass is 32.2. The van der Waals surface area contributed by atoms with E-state index in [1.165, 1.54) is 22.3 Å². The van der Waals surface area contributed by atoms with Gasteiger partial charge in [-0.15, -0.1) is 0 Å². The Morgan fingerprint density at radius 2 is 2.19 bits per heavy atom. The second-order valence-corrected chi connectivity index (χ2v) is 9.14. The van der Waals surface area contributed by atoms with Crippen LogP contribution >= 0.6 is 0 Å². The summed E-state index contributed by atoms with van der Waals surface area (Å²) in [5, 5.41) is 6.32. The number of aromatic amines is 1. The summed E-state index contributed by atoms with van der Waals surface area (Å²) in [4.78, 5) is 2.65. The second kappa shape index (κ2) is 8.86. The summed E-state index contributed by atoms with van der Waals surface area (Å²) in [6, 6.07) is 8.11. The van der Waals surface area contributed by atoms with E-state index in [1.54, 1.807) is 14.2 Å². The van der Waals surface area contributed by atoms with Gasteiger partial charge in [0.1, 0.15) is 10.6 Å². The largest absolute Gasteiger partial charge is 0.496 e. The number of aromatic nitrogens is 2. The zero-order chi connectivity index (χ0) is 19.3. The monoisotopic (exact) mass is 392 g/mol. The highest BCUT2D eigenvalue weighted by molar-refractivity contribution is 7.89. The van der Waals surface area contributed by atoms with E-state index in [2.05, 4.69) is 21.2 Å². The molecule has 1 fully saturated rings. The summed E-state index contributed by atoms with van der Waals surface area (Å²) in [6.07, 6.45) is 5.85. The molecular formula is C19H28N4O3S. The van der Waals surface area contributed by atoms with Gasteiger partial charge in [0.2, 0.25) is 10.0 Å². The van der Waals surface area contributed by atoms with Gasteiger partial charge in [-0.2, -0.15) is 5.10 Å². The summed E-state index contributed by atoms with van der Waals surface area (Å²) in [5.41, 5.74) is 1.21. The number of hydrogen-bond acceptors (Lipinski definition) is 5. The average Bonchev–Trinajstić information content (AvgIpc) is 3.22. The number of hydrogen-bond donors (Lipinski definition) is 1. The molecule has 0 saturated carbocycles. The zero-order valence-electron chi connectivity index (χ0n) is 16.0. The van der Waals surface area contributed by atoms with E-state index >= 15 is 0 Å². The number of ether oxygens (including phenoxy) is 1. The third-order valence-corrected chi connectivity index (χ3v) is 6.98. The second-order valence-electron chi connectivity index (χ2n) is 7.09. The molecule has 1 unspecified atom stereocenters. The van der Waals surface area contributed by atoms with Crippen LogP contribution in [0.15, 0.2) is 41.6 Å². The maximum Gasteiger partial charge on any atom is 0.245 e. The van der Waals surface area contributed by atoms with Gasteiger partial charge in [-0.1, -0.05) is 18.2 Å². The first-order chi connectivity index (χ1) is 13.0. The van der Waals surface area contributed by atoms with Gasteiger partial charge >= 0.3 is 0 Å². The molecule has 148 valence electrons. The molecule has 1 atom stereocenters. The van der Waals surface area contributed by atoms with Crippen molar-refractivity contribution in [1.29, 1.82) is 0 Å². The molecule has 0 spiro atoms. The fourth-order valence-electron chi connectivity index (χ4n) is 3.71. The van der Waals surface area contributed by atoms with Crippen LogP contribution in [-0.4, -0.2) is 68.2 Å². The standard InChI is InChI=1S/C19H28N4O3S/c1-22(27(24,25)18-12-20-21-13-18)14-16-6-5-10-23(15-16)11-9-17-7-3-4-8-19(17)26-2/h3-4,7-8,12-13,16H,5-6,9-11,14-15H2,1-2H3,(H,20,21). The Morgan fingerprint density at radius 1 is 1.37 bits per heavy atom. The van der Waals surface area contributed by atoms with Crippen molar-refractivity contribution in [3.05, 3.63) is 42.2 Å². The van der Waals surface area contributed by atoms with E-state index in [0.717, 1.165) is 44.6 Å². The molecule has 1 saturated heterocycles. The molecule has 27 heavy (non-hydrogen) atoms. The Bertz CT molecular complexity index is 823. The normalized spacial score (nSPS) is 18.7. The molecule has 2 aromatic rings. The third kappa shape index (κ3) is 4.88. The van der Waals surface area contributed by atoms with Gasteiger partial charge in [0, 0.05) is 32.9 Å². The summed E-state index contributed by atoms with van der Waals surface area (Å²) in [7, 11) is -0.123. The highest BCUT2D eigenvalue weighted by Gasteiger charge is 2.27. The van der Waals surface area contributed by atoms with Crippen molar-refractivity contribution in [2.45, 2.75) is 24.2 Å². The van der Waals surface area contributed by atoms with E-state index in [9.17, 15) is 8.42 Å². The predicted octanol–water partition coefficient (Wildman–Crippen LogP) is 1.99. The van der Waals surface area contributed by atoms with Crippen molar-refractivity contribution in [3.63, 3.8) is 0 Å². The van der Waals surface area contributed by atoms with Crippen molar-refractivity contribution in [1.82, 2.24) is 19.4 Å². The summed E-state index contributed by atoms with van der Waals surface area (Å²) < 4.78 is 32.0. The minimum Gasteiger partial charge on any atom is -0.496 e. The maximum absolute atomic E-state index is 12.6. The average molecular weight is 393 g/mol. The first kappa shape index (κ1) is 19.9. The smallest absolute Gasteiger partial charge is 0.245 e. The number of H-pyrrole nitrogens is 1. The zero-order valence-corrected chi connectivity index (χ0v) is 16.8. The summed E-state index contributed by atoms with van der Waals surface area (Å²) >= 11 is 0. The Morgan fingerprint density at radius 3 is 2.93 bits per heavy atom. The first-order valence-electron chi connectivity index (χ1n) is 9.30. The van der Waals surface area contributed by atoms with Gasteiger partial charge in [-0.3, -0.25) is 5.10 Å². The van der Waals surface area contributed by atoms with Gasteiger partial charge in [0.15, 0.2) is 0 Å². The Labute approximate surface area is 161 Å². The molecule has 2 heterocycles. The number of benzene rings is 1. The number of nitrogens with one attached hydrogen (secondary N) is 1. The first-order valence-corrected chi connectivity index (χ1v) is 10.7. The highest BCUT2D eigenvalue weighted by Crippen LogP contribution is 2.22. The molecule has 1 aromatic heterocycles. The minimum absolute atomic E-state index is 0.217. The molecule has 1 aromatic carbocycles. The lowest BCUT2D eigenvalue weighted by Crippen LogP contribution is -2.42. The third-order valence-electron chi connectivity index (χ3n) is 5.19. The number of para-hydroxylation sites is 1. The molecular weight excluding hydrogens is 364 g/mol. The molecule has 0 aliphatic carbocycles. The van der Waals surface area contributed by atoms with Crippen LogP contribution in [-0.2, 0) is 16.4 Å². The quantitative estimate of drug-likeness (QED) is 0.743. The van der Waals surface area contributed by atoms with Crippen LogP contribution in [0, 0.1) is 5.92 Å². The molecule has 8 heteroatoms. The molecule has 1 aliphatic rings. The van der Waals surface area contributed by atoms with Gasteiger partial charge < -0.3 is 9.64 Å². The molecule has 0 amide bonds. The fraction of sp³-hybridized carbons (Fsp3) is 0.526. The molecule has 0 bridgehead atoms. The van der Waals surface area contributed by atoms with Crippen molar-refractivity contribution in [2.75, 3.05) is 40.3 Å². The van der Waals surface area contributed by atoms with Gasteiger partial charge in [0.05, 0.1) is 13.3 Å². The Balaban J connectivity index is 1.55. The van der Waals surface area contributed by atoms with Crippen LogP contribution in [0.2, 0.25) is 0 Å². The Hall–Kier alpha value is -1.90. The van der Waals surface area contributed by atoms with Gasteiger partial charge in [-0.25, -0.2) is 12.7 Å². The SMILES string of the molecule is COc1ccccc1CCN1CCCC(CN(C)S(=O)(=O)c2cn[nH]c2)C1. The molecule has 1 N–H and O–H groups in total. The number of likely N-dealkylation sites (tertiary alicyclic amines) is 1. The van der Waals surface area contributed by atoms with E-state index in [0.29, 0.717) is 12.5 Å². The van der Waals surface area contributed by atoms with E-state index in [-0.39, 0.29) is 4.90 Å². The van der Waals surface area contributed by atoms with Gasteiger partial charge in [-0.05, 0) is 43.4 Å². The van der Waals surface area contributed by atoms with Gasteiger partial charge in [0.25, 0.3) is 0 Å². The summed E-state index contributed by atoms with van der Waals surface area (Å²) in [5.74, 6) is 1.26. The van der Waals surface area contributed by atoms with Crippen LogP contribution in [0.3, 0.4) is 0 Å². The predicted molar refractivity (Wildman–Crippen MR) is 104 cm³/mol. The van der Waals surface area contributed by atoms with Crippen molar-refractivity contribution < 1.29 is 13.2 Å². The number of methoxy groups -OCH3 is 1. The van der Waals surface area contributed by atoms with E-state index in [1.807, 2.05) is 18.2 Å². The van der Waals surface area contributed by atoms with Crippen LogP contribution in [0.1, 0.15) is 18.4 Å². The van der Waals surface area contributed by atoms with Crippen LogP contribution in [0.25, 0.3) is 0 Å². The van der Waals surface area contributed by atoms with Crippen molar-refractivity contribution in [2.24, 2.45) is 5.92 Å². The van der Waals surface area contributed by atoms with E-state index in [4.69, 9.17) is 4.74 Å². The lowest BCUT2D eigenvalue weighted by Gasteiger charge is -2.34.